The van der Waals surface area contributed by atoms with Crippen LogP contribution in [-0.2, 0) is 4.79 Å². The Morgan fingerprint density at radius 3 is 2.63 bits per heavy atom. The van der Waals surface area contributed by atoms with Gasteiger partial charge in [-0.25, -0.2) is 0 Å². The average Bonchev–Trinajstić information content (AvgIpc) is 2.76. The summed E-state index contributed by atoms with van der Waals surface area (Å²) < 4.78 is 0.690. The van der Waals surface area contributed by atoms with Gasteiger partial charge in [0.25, 0.3) is 5.91 Å². The van der Waals surface area contributed by atoms with Gasteiger partial charge in [0.1, 0.15) is 0 Å². The lowest BCUT2D eigenvalue weighted by Gasteiger charge is -2.21. The zero-order chi connectivity index (χ0) is 14.2. The van der Waals surface area contributed by atoms with E-state index in [0.29, 0.717) is 35.2 Å². The predicted molar refractivity (Wildman–Crippen MR) is 76.4 cm³/mol. The first-order valence-electron chi connectivity index (χ1n) is 5.98. The van der Waals surface area contributed by atoms with Gasteiger partial charge in [0, 0.05) is 28.8 Å². The number of anilines is 1. The molecule has 102 valence electrons. The van der Waals surface area contributed by atoms with Crippen LogP contribution in [0, 0.1) is 5.41 Å². The molecule has 1 aliphatic heterocycles. The van der Waals surface area contributed by atoms with E-state index in [1.54, 1.807) is 30.0 Å². The molecule has 2 rings (SSSR count). The van der Waals surface area contributed by atoms with Gasteiger partial charge in [-0.3, -0.25) is 9.59 Å². The van der Waals surface area contributed by atoms with Crippen molar-refractivity contribution in [1.29, 1.82) is 0 Å². The minimum atomic E-state index is -0.624. The van der Waals surface area contributed by atoms with Crippen LogP contribution in [0.2, 0.25) is 0 Å². The van der Waals surface area contributed by atoms with E-state index in [1.165, 1.54) is 0 Å². The van der Waals surface area contributed by atoms with E-state index in [-0.39, 0.29) is 11.8 Å². The number of amides is 2. The molecule has 1 aliphatic rings. The van der Waals surface area contributed by atoms with Gasteiger partial charge in [-0.15, -0.1) is 0 Å². The molecule has 4 N–H and O–H groups in total. The van der Waals surface area contributed by atoms with Gasteiger partial charge in [0.05, 0.1) is 5.41 Å². The molecule has 1 saturated heterocycles. The summed E-state index contributed by atoms with van der Waals surface area (Å²) in [6.45, 7) is 2.70. The fourth-order valence-electron chi connectivity index (χ4n) is 2.18. The minimum Gasteiger partial charge on any atom is -0.398 e. The molecule has 0 saturated carbocycles. The molecular formula is C13H16BrN3O2. The maximum atomic E-state index is 12.3. The SMILES string of the molecule is CC1(C(N)=O)CCN(C(=O)c2ccc(N)c(Br)c2)C1. The van der Waals surface area contributed by atoms with Crippen LogP contribution in [-0.4, -0.2) is 29.8 Å². The number of primary amides is 1. The van der Waals surface area contributed by atoms with E-state index in [9.17, 15) is 9.59 Å². The maximum Gasteiger partial charge on any atom is 0.253 e. The van der Waals surface area contributed by atoms with Crippen LogP contribution in [0.1, 0.15) is 23.7 Å². The molecule has 1 unspecified atom stereocenters. The molecule has 19 heavy (non-hydrogen) atoms. The second-order valence-corrected chi connectivity index (χ2v) is 5.99. The van der Waals surface area contributed by atoms with Crippen molar-refractivity contribution in [2.45, 2.75) is 13.3 Å². The van der Waals surface area contributed by atoms with Crippen molar-refractivity contribution < 1.29 is 9.59 Å². The van der Waals surface area contributed by atoms with Crippen molar-refractivity contribution in [2.24, 2.45) is 11.1 Å². The molecule has 0 aromatic heterocycles. The average molecular weight is 326 g/mol. The molecule has 2 amide bonds. The summed E-state index contributed by atoms with van der Waals surface area (Å²) in [7, 11) is 0. The van der Waals surface area contributed by atoms with Crippen molar-refractivity contribution in [3.63, 3.8) is 0 Å². The van der Waals surface area contributed by atoms with Gasteiger partial charge in [-0.1, -0.05) is 0 Å². The Balaban J connectivity index is 2.18. The lowest BCUT2D eigenvalue weighted by molar-refractivity contribution is -0.126. The molecule has 0 spiro atoms. The van der Waals surface area contributed by atoms with Crippen LogP contribution in [0.15, 0.2) is 22.7 Å². The second-order valence-electron chi connectivity index (χ2n) is 5.14. The highest BCUT2D eigenvalue weighted by Crippen LogP contribution is 2.31. The van der Waals surface area contributed by atoms with Gasteiger partial charge in [-0.05, 0) is 47.5 Å². The van der Waals surface area contributed by atoms with E-state index in [1.807, 2.05) is 0 Å². The smallest absolute Gasteiger partial charge is 0.253 e. The van der Waals surface area contributed by atoms with E-state index in [4.69, 9.17) is 11.5 Å². The standard InChI is InChI=1S/C13H16BrN3O2/c1-13(12(16)19)4-5-17(7-13)11(18)8-2-3-10(15)9(14)6-8/h2-3,6H,4-5,7,15H2,1H3,(H2,16,19). The Morgan fingerprint density at radius 1 is 1.42 bits per heavy atom. The van der Waals surface area contributed by atoms with Crippen LogP contribution in [0.5, 0.6) is 0 Å². The van der Waals surface area contributed by atoms with E-state index in [0.717, 1.165) is 0 Å². The number of rotatable bonds is 2. The summed E-state index contributed by atoms with van der Waals surface area (Å²) in [5, 5.41) is 0. The van der Waals surface area contributed by atoms with Crippen LogP contribution in [0.4, 0.5) is 5.69 Å². The van der Waals surface area contributed by atoms with Crippen molar-refractivity contribution in [3.8, 4) is 0 Å². The second kappa shape index (κ2) is 4.85. The third-order valence-electron chi connectivity index (χ3n) is 3.60. The van der Waals surface area contributed by atoms with E-state index < -0.39 is 5.41 Å². The number of benzene rings is 1. The van der Waals surface area contributed by atoms with E-state index >= 15 is 0 Å². The highest BCUT2D eigenvalue weighted by molar-refractivity contribution is 9.10. The number of nitrogens with zero attached hydrogens (tertiary/aromatic N) is 1. The first-order valence-corrected chi connectivity index (χ1v) is 6.77. The third-order valence-corrected chi connectivity index (χ3v) is 4.29. The molecule has 0 bridgehead atoms. The molecule has 6 heteroatoms. The van der Waals surface area contributed by atoms with Gasteiger partial charge >= 0.3 is 0 Å². The van der Waals surface area contributed by atoms with Crippen LogP contribution < -0.4 is 11.5 Å². The maximum absolute atomic E-state index is 12.3. The fraction of sp³-hybridized carbons (Fsp3) is 0.385. The van der Waals surface area contributed by atoms with Crippen molar-refractivity contribution in [3.05, 3.63) is 28.2 Å². The quantitative estimate of drug-likeness (QED) is 0.805. The van der Waals surface area contributed by atoms with E-state index in [2.05, 4.69) is 15.9 Å². The number of hydrogen-bond donors (Lipinski definition) is 2. The van der Waals surface area contributed by atoms with Crippen LogP contribution in [0.25, 0.3) is 0 Å². The van der Waals surface area contributed by atoms with Crippen LogP contribution in [0.3, 0.4) is 0 Å². The Morgan fingerprint density at radius 2 is 2.11 bits per heavy atom. The topological polar surface area (TPSA) is 89.4 Å². The summed E-state index contributed by atoms with van der Waals surface area (Å²) in [5.74, 6) is -0.466. The third kappa shape index (κ3) is 2.58. The summed E-state index contributed by atoms with van der Waals surface area (Å²) in [6.07, 6.45) is 0.601. The lowest BCUT2D eigenvalue weighted by Crippen LogP contribution is -2.38. The number of carbonyl (C=O) groups excluding carboxylic acids is 2. The zero-order valence-corrected chi connectivity index (χ0v) is 12.2. The van der Waals surface area contributed by atoms with Gasteiger partial charge in [-0.2, -0.15) is 0 Å². The Bertz CT molecular complexity index is 547. The summed E-state index contributed by atoms with van der Waals surface area (Å²) >= 11 is 3.30. The first-order chi connectivity index (χ1) is 8.83. The monoisotopic (exact) mass is 325 g/mol. The molecule has 1 atom stereocenters. The predicted octanol–water partition coefficient (Wildman–Crippen LogP) is 1.37. The van der Waals surface area contributed by atoms with Gasteiger partial charge in [0.2, 0.25) is 5.91 Å². The van der Waals surface area contributed by atoms with Crippen molar-refractivity contribution in [1.82, 2.24) is 4.90 Å². The Labute approximate surface area is 120 Å². The molecule has 0 radical (unpaired) electrons. The molecule has 1 aromatic carbocycles. The minimum absolute atomic E-state index is 0.106. The largest absolute Gasteiger partial charge is 0.398 e. The molecule has 1 fully saturated rings. The Hall–Kier alpha value is -1.56. The lowest BCUT2D eigenvalue weighted by atomic mass is 9.89. The van der Waals surface area contributed by atoms with Gasteiger partial charge < -0.3 is 16.4 Å². The van der Waals surface area contributed by atoms with Gasteiger partial charge in [0.15, 0.2) is 0 Å². The zero-order valence-electron chi connectivity index (χ0n) is 10.6. The van der Waals surface area contributed by atoms with Crippen LogP contribution >= 0.6 is 15.9 Å². The Kier molecular flexibility index (Phi) is 3.54. The molecule has 1 aromatic rings. The molecule has 0 aliphatic carbocycles. The number of nitrogen functional groups attached to an aromatic ring is 1. The number of hydrogen-bond acceptors (Lipinski definition) is 3. The molecule has 1 heterocycles. The number of likely N-dealkylation sites (tertiary alicyclic amines) is 1. The normalized spacial score (nSPS) is 22.5. The first kappa shape index (κ1) is 13.9. The fourth-order valence-corrected chi connectivity index (χ4v) is 2.56. The highest BCUT2D eigenvalue weighted by atomic mass is 79.9. The number of nitrogens with two attached hydrogens (primary N) is 2. The molecule has 5 nitrogen and oxygen atoms in total. The number of carbonyl (C=O) groups is 2. The summed E-state index contributed by atoms with van der Waals surface area (Å²) in [6, 6.07) is 5.06. The number of halogens is 1. The highest BCUT2D eigenvalue weighted by Gasteiger charge is 2.40. The summed E-state index contributed by atoms with van der Waals surface area (Å²) in [5.41, 5.74) is 11.6. The summed E-state index contributed by atoms with van der Waals surface area (Å²) in [4.78, 5) is 25.4. The van der Waals surface area contributed by atoms with Crippen molar-refractivity contribution in [2.75, 3.05) is 18.8 Å². The molecular weight excluding hydrogens is 310 g/mol. The van der Waals surface area contributed by atoms with Crippen molar-refractivity contribution >= 4 is 33.4 Å².